The maximum Gasteiger partial charge on any atom is 0.275 e. The summed E-state index contributed by atoms with van der Waals surface area (Å²) < 4.78 is 5.38. The van der Waals surface area contributed by atoms with Crippen molar-refractivity contribution in [3.05, 3.63) is 59.3 Å². The Kier molecular flexibility index (Phi) is 9.27. The molecule has 44 heavy (non-hydrogen) atoms. The molecule has 1 N–H and O–H groups in total. The van der Waals surface area contributed by atoms with Crippen molar-refractivity contribution >= 4 is 23.4 Å². The first-order valence-electron chi connectivity index (χ1n) is 15.7. The van der Waals surface area contributed by atoms with Gasteiger partial charge in [0.25, 0.3) is 11.8 Å². The van der Waals surface area contributed by atoms with Gasteiger partial charge in [0.05, 0.1) is 19.7 Å². The third-order valence-electron chi connectivity index (χ3n) is 9.13. The van der Waals surface area contributed by atoms with Crippen LogP contribution in [0.5, 0.6) is 5.88 Å². The smallest absolute Gasteiger partial charge is 0.275 e. The summed E-state index contributed by atoms with van der Waals surface area (Å²) in [5.74, 6) is 1.91. The summed E-state index contributed by atoms with van der Waals surface area (Å²) in [5, 5.41) is 10.6. The van der Waals surface area contributed by atoms with Gasteiger partial charge < -0.3 is 15.0 Å². The molecule has 2 amide bonds. The van der Waals surface area contributed by atoms with Gasteiger partial charge in [0.2, 0.25) is 5.88 Å². The summed E-state index contributed by atoms with van der Waals surface area (Å²) in [7, 11) is 1.58. The third kappa shape index (κ3) is 6.89. The van der Waals surface area contributed by atoms with Crippen LogP contribution in [0.15, 0.2) is 62.8 Å². The molecular formula is C34H45N7O3. The van der Waals surface area contributed by atoms with Gasteiger partial charge in [-0.25, -0.2) is 9.98 Å². The zero-order valence-electron chi connectivity index (χ0n) is 26.8. The van der Waals surface area contributed by atoms with Crippen molar-refractivity contribution in [1.82, 2.24) is 15.2 Å². The zero-order valence-corrected chi connectivity index (χ0v) is 26.8. The molecule has 0 unspecified atom stereocenters. The molecule has 234 valence electrons. The Morgan fingerprint density at radius 1 is 1.14 bits per heavy atom. The lowest BCUT2D eigenvalue weighted by atomic mass is 9.75. The summed E-state index contributed by atoms with van der Waals surface area (Å²) in [4.78, 5) is 43.2. The molecule has 10 nitrogen and oxygen atoms in total. The van der Waals surface area contributed by atoms with Gasteiger partial charge in [0.15, 0.2) is 12.5 Å². The van der Waals surface area contributed by atoms with Gasteiger partial charge in [0.1, 0.15) is 11.4 Å². The lowest BCUT2D eigenvalue weighted by Crippen LogP contribution is -2.51. The molecule has 1 aromatic heterocycles. The second-order valence-electron chi connectivity index (χ2n) is 13.7. The number of carbonyl (C=O) groups excluding carboxylic acids is 2. The molecule has 1 saturated carbocycles. The first-order valence-corrected chi connectivity index (χ1v) is 15.7. The number of amides is 2. The number of methoxy groups -OCH3 is 1. The van der Waals surface area contributed by atoms with Crippen LogP contribution in [0.25, 0.3) is 0 Å². The van der Waals surface area contributed by atoms with Crippen molar-refractivity contribution in [1.29, 1.82) is 0 Å². The van der Waals surface area contributed by atoms with Gasteiger partial charge in [-0.1, -0.05) is 46.8 Å². The molecule has 1 aliphatic carbocycles. The molecule has 5 rings (SSSR count). The van der Waals surface area contributed by atoms with Crippen LogP contribution in [0, 0.1) is 17.3 Å². The van der Waals surface area contributed by atoms with E-state index in [9.17, 15) is 9.59 Å². The van der Waals surface area contributed by atoms with Crippen LogP contribution >= 0.6 is 0 Å². The van der Waals surface area contributed by atoms with Crippen LogP contribution in [-0.4, -0.2) is 59.2 Å². The van der Waals surface area contributed by atoms with Crippen LogP contribution in [0.1, 0.15) is 101 Å². The van der Waals surface area contributed by atoms with Gasteiger partial charge in [-0.2, -0.15) is 5.11 Å². The van der Waals surface area contributed by atoms with Crippen molar-refractivity contribution in [3.63, 3.8) is 0 Å². The number of hydrogen-bond donors (Lipinski definition) is 1. The number of amidine groups is 1. The average Bonchev–Trinajstić information content (AvgIpc) is 3.63. The van der Waals surface area contributed by atoms with E-state index in [-0.39, 0.29) is 29.8 Å². The molecule has 1 spiro atoms. The van der Waals surface area contributed by atoms with Crippen LogP contribution < -0.4 is 10.1 Å². The van der Waals surface area contributed by atoms with Crippen LogP contribution in [0.2, 0.25) is 0 Å². The van der Waals surface area contributed by atoms with Crippen molar-refractivity contribution in [2.24, 2.45) is 37.5 Å². The number of ether oxygens (including phenoxy) is 1. The third-order valence-corrected chi connectivity index (χ3v) is 9.13. The fourth-order valence-corrected chi connectivity index (χ4v) is 6.50. The average molecular weight is 600 g/mol. The van der Waals surface area contributed by atoms with Gasteiger partial charge in [-0.3, -0.25) is 14.6 Å². The van der Waals surface area contributed by atoms with Gasteiger partial charge in [0, 0.05) is 23.4 Å². The Balaban J connectivity index is 1.49. The highest BCUT2D eigenvalue weighted by molar-refractivity contribution is 6.46. The van der Waals surface area contributed by atoms with Crippen molar-refractivity contribution in [2.75, 3.05) is 20.3 Å². The minimum Gasteiger partial charge on any atom is -0.481 e. The van der Waals surface area contributed by atoms with E-state index in [0.717, 1.165) is 49.7 Å². The zero-order chi connectivity index (χ0) is 31.5. The number of hydrogen-bond acceptors (Lipinski definition) is 8. The molecular weight excluding hydrogens is 554 g/mol. The van der Waals surface area contributed by atoms with Crippen molar-refractivity contribution in [2.45, 2.75) is 84.8 Å². The van der Waals surface area contributed by atoms with Crippen molar-refractivity contribution < 1.29 is 14.3 Å². The number of carbonyl (C=O) groups is 2. The Labute approximate surface area is 260 Å². The fraction of sp³-hybridized carbons (Fsp3) is 0.559. The molecule has 1 atom stereocenters. The molecule has 2 aliphatic heterocycles. The summed E-state index contributed by atoms with van der Waals surface area (Å²) in [6.45, 7) is 11.8. The molecule has 0 bridgehead atoms. The molecule has 0 radical (unpaired) electrons. The lowest BCUT2D eigenvalue weighted by Gasteiger charge is -2.46. The predicted octanol–water partition coefficient (Wildman–Crippen LogP) is 6.38. The Bertz CT molecular complexity index is 1450. The second kappa shape index (κ2) is 13.0. The fourth-order valence-electron chi connectivity index (χ4n) is 6.50. The lowest BCUT2D eigenvalue weighted by molar-refractivity contribution is -0.133. The number of rotatable bonds is 10. The first kappa shape index (κ1) is 31.5. The van der Waals surface area contributed by atoms with E-state index >= 15 is 0 Å². The SMILES string of the molecule is COc1cc(C2=NC3(CCC(C(C)C)CC3)N([C@H](CCC(C)(C)C)c3ccc(C(=O)NCC4=NCN=N4)cc3)C2=O)ccn1. The van der Waals surface area contributed by atoms with E-state index < -0.39 is 5.66 Å². The number of nitrogens with zero attached hydrogens (tertiary/aromatic N) is 6. The summed E-state index contributed by atoms with van der Waals surface area (Å²) in [5.41, 5.74) is 2.19. The number of benzene rings is 1. The topological polar surface area (TPSA) is 121 Å². The molecule has 2 aromatic rings. The molecule has 3 aliphatic rings. The maximum atomic E-state index is 14.6. The number of aromatic nitrogens is 1. The summed E-state index contributed by atoms with van der Waals surface area (Å²) >= 11 is 0. The maximum absolute atomic E-state index is 14.6. The highest BCUT2D eigenvalue weighted by Crippen LogP contribution is 2.48. The highest BCUT2D eigenvalue weighted by Gasteiger charge is 2.52. The van der Waals surface area contributed by atoms with Crippen LogP contribution in [-0.2, 0) is 4.79 Å². The monoisotopic (exact) mass is 599 g/mol. The van der Waals surface area contributed by atoms with Gasteiger partial charge >= 0.3 is 0 Å². The van der Waals surface area contributed by atoms with Crippen LogP contribution in [0.3, 0.4) is 0 Å². The van der Waals surface area contributed by atoms with Gasteiger partial charge in [-0.05, 0) is 79.5 Å². The quantitative estimate of drug-likeness (QED) is 0.340. The largest absolute Gasteiger partial charge is 0.481 e. The molecule has 1 fully saturated rings. The number of aliphatic imine (C=N–C) groups is 2. The predicted molar refractivity (Wildman–Crippen MR) is 171 cm³/mol. The number of nitrogens with one attached hydrogen (secondary N) is 1. The van der Waals surface area contributed by atoms with E-state index in [1.807, 2.05) is 30.3 Å². The van der Waals surface area contributed by atoms with E-state index in [1.54, 1.807) is 19.4 Å². The summed E-state index contributed by atoms with van der Waals surface area (Å²) in [6, 6.07) is 11.1. The number of azo groups is 1. The standard InChI is InChI=1S/C34H45N7O3/c1-22(2)23-11-16-34(17-12-23)39-30(26-14-18-35-29(19-26)44-6)32(43)41(34)27(13-15-33(3,4)5)24-7-9-25(10-8-24)31(42)36-20-28-37-21-38-40-28/h7-10,14,18-19,22-23,27H,11-13,15-17,20-21H2,1-6H3,(H,36,42)/t23?,27-,34?/m1/s1. The van der Waals surface area contributed by atoms with Crippen LogP contribution in [0.4, 0.5) is 0 Å². The Morgan fingerprint density at radius 3 is 2.48 bits per heavy atom. The highest BCUT2D eigenvalue weighted by atomic mass is 16.5. The van der Waals surface area contributed by atoms with Gasteiger partial charge in [-0.15, -0.1) is 5.11 Å². The summed E-state index contributed by atoms with van der Waals surface area (Å²) in [6.07, 6.45) is 7.05. The number of pyridine rings is 1. The van der Waals surface area contributed by atoms with E-state index in [0.29, 0.717) is 41.5 Å². The minimum absolute atomic E-state index is 0.0616. The van der Waals surface area contributed by atoms with E-state index in [2.05, 4.69) is 65.0 Å². The second-order valence-corrected chi connectivity index (χ2v) is 13.7. The van der Waals surface area contributed by atoms with E-state index in [1.165, 1.54) is 0 Å². The molecule has 10 heteroatoms. The molecule has 1 aromatic carbocycles. The van der Waals surface area contributed by atoms with Crippen molar-refractivity contribution in [3.8, 4) is 5.88 Å². The molecule has 3 heterocycles. The minimum atomic E-state index is -0.622. The first-order chi connectivity index (χ1) is 21.0. The molecule has 0 saturated heterocycles. The van der Waals surface area contributed by atoms with E-state index in [4.69, 9.17) is 9.73 Å². The Morgan fingerprint density at radius 2 is 1.86 bits per heavy atom. The Hall–Kier alpha value is -3.95. The normalized spacial score (nSPS) is 22.4.